The number of amides is 1. The number of hydrogen-bond donors (Lipinski definition) is 1. The van der Waals surface area contributed by atoms with Crippen LogP contribution in [0, 0.1) is 0 Å². The Labute approximate surface area is 152 Å². The van der Waals surface area contributed by atoms with Crippen molar-refractivity contribution in [3.8, 4) is 5.75 Å². The van der Waals surface area contributed by atoms with E-state index in [-0.39, 0.29) is 5.91 Å². The Morgan fingerprint density at radius 2 is 1.88 bits per heavy atom. The highest BCUT2D eigenvalue weighted by Gasteiger charge is 2.24. The van der Waals surface area contributed by atoms with Gasteiger partial charge in [0.05, 0.1) is 7.11 Å². The van der Waals surface area contributed by atoms with Crippen molar-refractivity contribution in [2.75, 3.05) is 20.2 Å². The summed E-state index contributed by atoms with van der Waals surface area (Å²) < 4.78 is 5.26. The van der Waals surface area contributed by atoms with Crippen molar-refractivity contribution in [2.45, 2.75) is 59.0 Å². The molecule has 1 amide bonds. The molecule has 0 radical (unpaired) electrons. The van der Waals surface area contributed by atoms with Gasteiger partial charge in [-0.25, -0.2) is 0 Å². The Balaban J connectivity index is 2.36. The number of nitrogens with one attached hydrogen (secondary N) is 1. The zero-order chi connectivity index (χ0) is 18.4. The van der Waals surface area contributed by atoms with Gasteiger partial charge in [-0.15, -0.1) is 0 Å². The Morgan fingerprint density at radius 3 is 2.44 bits per heavy atom. The van der Waals surface area contributed by atoms with Gasteiger partial charge >= 0.3 is 0 Å². The molecule has 1 atom stereocenters. The fourth-order valence-corrected chi connectivity index (χ4v) is 3.79. The molecular formula is C21H32N2O2. The summed E-state index contributed by atoms with van der Waals surface area (Å²) >= 11 is 0. The number of rotatable bonds is 7. The average molecular weight is 344 g/mol. The van der Waals surface area contributed by atoms with E-state index in [1.165, 1.54) is 5.57 Å². The van der Waals surface area contributed by atoms with Gasteiger partial charge in [-0.3, -0.25) is 9.69 Å². The number of benzene rings is 1. The van der Waals surface area contributed by atoms with E-state index in [1.807, 2.05) is 12.1 Å². The van der Waals surface area contributed by atoms with Gasteiger partial charge in [0.1, 0.15) is 5.75 Å². The second kappa shape index (κ2) is 9.04. The molecule has 1 aliphatic heterocycles. The van der Waals surface area contributed by atoms with E-state index in [2.05, 4.69) is 50.0 Å². The van der Waals surface area contributed by atoms with Crippen LogP contribution in [0.5, 0.6) is 5.75 Å². The van der Waals surface area contributed by atoms with Crippen molar-refractivity contribution >= 4 is 11.5 Å². The highest BCUT2D eigenvalue weighted by molar-refractivity contribution is 6.01. The van der Waals surface area contributed by atoms with Crippen LogP contribution in [0.3, 0.4) is 0 Å². The van der Waals surface area contributed by atoms with Crippen molar-refractivity contribution in [1.29, 1.82) is 0 Å². The van der Waals surface area contributed by atoms with E-state index in [4.69, 9.17) is 4.74 Å². The van der Waals surface area contributed by atoms with Crippen molar-refractivity contribution < 1.29 is 9.53 Å². The molecule has 1 aromatic carbocycles. The van der Waals surface area contributed by atoms with Crippen LogP contribution in [-0.4, -0.2) is 43.1 Å². The molecule has 1 aliphatic rings. The molecule has 138 valence electrons. The van der Waals surface area contributed by atoms with Crippen LogP contribution < -0.4 is 10.1 Å². The molecule has 0 aliphatic carbocycles. The van der Waals surface area contributed by atoms with Gasteiger partial charge in [-0.1, -0.05) is 19.1 Å². The Bertz CT molecular complexity index is 605. The van der Waals surface area contributed by atoms with Crippen molar-refractivity contribution in [3.63, 3.8) is 0 Å². The average Bonchev–Trinajstić information content (AvgIpc) is 2.77. The molecule has 0 spiro atoms. The SMILES string of the molecule is CCN(C(C)C)C(C)CC1=C(c2ccc(OC)cc2)CCCNC1=O. The summed E-state index contributed by atoms with van der Waals surface area (Å²) in [6, 6.07) is 8.88. The molecule has 1 unspecified atom stereocenters. The van der Waals surface area contributed by atoms with Gasteiger partial charge in [0, 0.05) is 24.2 Å². The Morgan fingerprint density at radius 1 is 1.20 bits per heavy atom. The zero-order valence-electron chi connectivity index (χ0n) is 16.3. The molecule has 1 heterocycles. The highest BCUT2D eigenvalue weighted by atomic mass is 16.5. The first-order valence-electron chi connectivity index (χ1n) is 9.38. The highest BCUT2D eigenvalue weighted by Crippen LogP contribution is 2.30. The predicted octanol–water partition coefficient (Wildman–Crippen LogP) is 3.87. The first kappa shape index (κ1) is 19.5. The molecule has 0 bridgehead atoms. The molecule has 25 heavy (non-hydrogen) atoms. The molecule has 0 fully saturated rings. The lowest BCUT2D eigenvalue weighted by Crippen LogP contribution is -2.39. The zero-order valence-corrected chi connectivity index (χ0v) is 16.3. The third-order valence-electron chi connectivity index (χ3n) is 5.06. The van der Waals surface area contributed by atoms with Gasteiger partial charge in [-0.2, -0.15) is 0 Å². The van der Waals surface area contributed by atoms with E-state index in [0.29, 0.717) is 12.1 Å². The van der Waals surface area contributed by atoms with Gasteiger partial charge < -0.3 is 10.1 Å². The molecule has 1 N–H and O–H groups in total. The molecular weight excluding hydrogens is 312 g/mol. The molecule has 1 aromatic rings. The quantitative estimate of drug-likeness (QED) is 0.816. The van der Waals surface area contributed by atoms with Crippen LogP contribution in [0.25, 0.3) is 5.57 Å². The largest absolute Gasteiger partial charge is 0.497 e. The summed E-state index contributed by atoms with van der Waals surface area (Å²) in [5.41, 5.74) is 3.26. The fraction of sp³-hybridized carbons (Fsp3) is 0.571. The van der Waals surface area contributed by atoms with Crippen LogP contribution in [0.2, 0.25) is 0 Å². The number of nitrogens with zero attached hydrogens (tertiary/aromatic N) is 1. The van der Waals surface area contributed by atoms with Crippen LogP contribution in [-0.2, 0) is 4.79 Å². The summed E-state index contributed by atoms with van der Waals surface area (Å²) in [6.45, 7) is 10.6. The lowest BCUT2D eigenvalue weighted by Gasteiger charge is -2.32. The third kappa shape index (κ3) is 4.85. The van der Waals surface area contributed by atoms with Gasteiger partial charge in [-0.05, 0) is 69.8 Å². The van der Waals surface area contributed by atoms with Crippen LogP contribution >= 0.6 is 0 Å². The van der Waals surface area contributed by atoms with Crippen LogP contribution in [0.1, 0.15) is 52.5 Å². The minimum Gasteiger partial charge on any atom is -0.497 e. The maximum atomic E-state index is 12.7. The van der Waals surface area contributed by atoms with E-state index in [9.17, 15) is 4.79 Å². The van der Waals surface area contributed by atoms with Crippen molar-refractivity contribution in [2.24, 2.45) is 0 Å². The maximum absolute atomic E-state index is 12.7. The summed E-state index contributed by atoms with van der Waals surface area (Å²) in [5.74, 6) is 0.935. The minimum absolute atomic E-state index is 0.0926. The molecule has 0 aromatic heterocycles. The second-order valence-corrected chi connectivity index (χ2v) is 7.02. The summed E-state index contributed by atoms with van der Waals surface area (Å²) in [4.78, 5) is 15.2. The number of carbonyl (C=O) groups is 1. The smallest absolute Gasteiger partial charge is 0.247 e. The molecule has 4 nitrogen and oxygen atoms in total. The molecule has 4 heteroatoms. The monoisotopic (exact) mass is 344 g/mol. The maximum Gasteiger partial charge on any atom is 0.247 e. The Hall–Kier alpha value is -1.81. The lowest BCUT2D eigenvalue weighted by molar-refractivity contribution is -0.117. The summed E-state index contributed by atoms with van der Waals surface area (Å²) in [5, 5.41) is 3.07. The van der Waals surface area contributed by atoms with E-state index >= 15 is 0 Å². The number of methoxy groups -OCH3 is 1. The predicted molar refractivity (Wildman–Crippen MR) is 104 cm³/mol. The normalized spacial score (nSPS) is 16.8. The standard InChI is InChI=1S/C21H32N2O2/c1-6-23(15(2)3)16(4)14-20-19(8-7-13-22-21(20)24)17-9-11-18(25-5)12-10-17/h9-12,15-16H,6-8,13-14H2,1-5H3,(H,22,24). The van der Waals surface area contributed by atoms with Gasteiger partial charge in [0.25, 0.3) is 0 Å². The van der Waals surface area contributed by atoms with Gasteiger partial charge in [0.2, 0.25) is 5.91 Å². The van der Waals surface area contributed by atoms with Crippen LogP contribution in [0.4, 0.5) is 0 Å². The summed E-state index contributed by atoms with van der Waals surface area (Å²) in [7, 11) is 1.67. The summed E-state index contributed by atoms with van der Waals surface area (Å²) in [6.07, 6.45) is 2.69. The second-order valence-electron chi connectivity index (χ2n) is 7.02. The third-order valence-corrected chi connectivity index (χ3v) is 5.06. The first-order chi connectivity index (χ1) is 12.0. The van der Waals surface area contributed by atoms with E-state index in [1.54, 1.807) is 7.11 Å². The molecule has 0 saturated carbocycles. The first-order valence-corrected chi connectivity index (χ1v) is 9.38. The van der Waals surface area contributed by atoms with Gasteiger partial charge in [0.15, 0.2) is 0 Å². The number of allylic oxidation sites excluding steroid dienone is 1. The topological polar surface area (TPSA) is 41.6 Å². The number of ether oxygens (including phenoxy) is 1. The van der Waals surface area contributed by atoms with Crippen LogP contribution in [0.15, 0.2) is 29.8 Å². The lowest BCUT2D eigenvalue weighted by atomic mass is 9.92. The molecule has 2 rings (SSSR count). The Kier molecular flexibility index (Phi) is 7.06. The molecule has 0 saturated heterocycles. The number of carbonyl (C=O) groups excluding carboxylic acids is 1. The van der Waals surface area contributed by atoms with Crippen molar-refractivity contribution in [3.05, 3.63) is 35.4 Å². The number of hydrogen-bond acceptors (Lipinski definition) is 3. The van der Waals surface area contributed by atoms with E-state index in [0.717, 1.165) is 49.2 Å². The van der Waals surface area contributed by atoms with Crippen molar-refractivity contribution in [1.82, 2.24) is 10.2 Å². The minimum atomic E-state index is 0.0926. The fourth-order valence-electron chi connectivity index (χ4n) is 3.79. The van der Waals surface area contributed by atoms with E-state index < -0.39 is 0 Å².